The Morgan fingerprint density at radius 3 is 1.23 bits per heavy atom. The normalized spacial score (nSPS) is 20.5. The monoisotopic (exact) mass is 1140 g/mol. The maximum absolute atomic E-state index is 14.5. The van der Waals surface area contributed by atoms with E-state index in [1.54, 1.807) is 0 Å². The van der Waals surface area contributed by atoms with E-state index in [0.717, 1.165) is 9.80 Å². The van der Waals surface area contributed by atoms with Crippen molar-refractivity contribution < 1.29 is 99.1 Å². The summed E-state index contributed by atoms with van der Waals surface area (Å²) in [6, 6.07) is 5.98. The lowest BCUT2D eigenvalue weighted by Crippen LogP contribution is -2.51. The van der Waals surface area contributed by atoms with Gasteiger partial charge in [-0.25, -0.2) is 0 Å². The van der Waals surface area contributed by atoms with E-state index >= 15 is 0 Å². The Bertz CT molecular complexity index is 2600. The van der Waals surface area contributed by atoms with E-state index in [1.165, 1.54) is 50.6 Å². The van der Waals surface area contributed by atoms with Crippen LogP contribution in [-0.2, 0) is 57.1 Å². The second kappa shape index (κ2) is 22.8. The van der Waals surface area contributed by atoms with Gasteiger partial charge in [-0.2, -0.15) is 43.2 Å². The summed E-state index contributed by atoms with van der Waals surface area (Å²) in [7, 11) is -13.5. The van der Waals surface area contributed by atoms with Crippen LogP contribution in [0.25, 0.3) is 0 Å². The van der Waals surface area contributed by atoms with Crippen molar-refractivity contribution in [3.63, 3.8) is 0 Å². The van der Waals surface area contributed by atoms with Crippen LogP contribution in [0.1, 0.15) is 40.0 Å². The summed E-state index contributed by atoms with van der Waals surface area (Å²) in [5, 5.41) is 0. The maximum atomic E-state index is 14.5. The number of benzene rings is 2. The first-order valence-corrected chi connectivity index (χ1v) is 33.5. The van der Waals surface area contributed by atoms with Gasteiger partial charge >= 0.3 is 31.3 Å². The predicted octanol–water partition coefficient (Wildman–Crippen LogP) is 6.73. The first-order valence-electron chi connectivity index (χ1n) is 23.3. The number of nitrogens with zero attached hydrogens (tertiary/aromatic N) is 4. The van der Waals surface area contributed by atoms with E-state index in [4.69, 9.17) is 28.4 Å². The van der Waals surface area contributed by atoms with Crippen molar-refractivity contribution in [2.45, 2.75) is 106 Å². The molecule has 4 aliphatic heterocycles. The molecule has 4 amide bonds. The summed E-state index contributed by atoms with van der Waals surface area (Å²) in [5.41, 5.74) is -12.1. The van der Waals surface area contributed by atoms with E-state index in [-0.39, 0.29) is 66.5 Å². The number of hydrogen-bond donors (Lipinski definition) is 0. The third-order valence-electron chi connectivity index (χ3n) is 12.0. The van der Waals surface area contributed by atoms with E-state index in [1.807, 2.05) is 0 Å². The zero-order valence-corrected chi connectivity index (χ0v) is 45.7. The first-order chi connectivity index (χ1) is 34.8. The topological polar surface area (TPSA) is 223 Å². The summed E-state index contributed by atoms with van der Waals surface area (Å²) in [5.74, 6) is -5.55. The molecule has 20 nitrogen and oxygen atoms in total. The molecule has 0 saturated heterocycles. The second-order valence-electron chi connectivity index (χ2n) is 20.0. The molecule has 75 heavy (non-hydrogen) atoms. The zero-order valence-electron chi connectivity index (χ0n) is 42.1. The molecule has 416 valence electrons. The lowest BCUT2D eigenvalue weighted by molar-refractivity contribution is -0.127. The number of amides is 4. The predicted molar refractivity (Wildman–Crippen MR) is 260 cm³/mol. The van der Waals surface area contributed by atoms with E-state index in [2.05, 4.69) is 47.6 Å². The number of alkyl halides is 6. The summed E-state index contributed by atoms with van der Waals surface area (Å²) in [6.45, 7) is 11.2. The van der Waals surface area contributed by atoms with Crippen LogP contribution in [0.5, 0.6) is 11.5 Å². The Hall–Kier alpha value is -5.25. The second-order valence-corrected chi connectivity index (χ2v) is 34.3. The molecule has 0 N–H and O–H groups in total. The minimum absolute atomic E-state index is 0.0477. The minimum atomic E-state index is -6.39. The molecule has 0 fully saturated rings. The largest absolute Gasteiger partial charge is 0.534 e. The van der Waals surface area contributed by atoms with Crippen LogP contribution in [0, 0.1) is 0 Å². The van der Waals surface area contributed by atoms with Gasteiger partial charge in [-0.1, -0.05) is 39.3 Å². The Morgan fingerprint density at radius 2 is 0.907 bits per heavy atom. The molecule has 6 rings (SSSR count). The van der Waals surface area contributed by atoms with Crippen molar-refractivity contribution in [2.75, 3.05) is 63.9 Å². The Labute approximate surface area is 431 Å². The van der Waals surface area contributed by atoms with E-state index < -0.39 is 134 Å². The average Bonchev–Trinajstić information content (AvgIpc) is 3.80. The van der Waals surface area contributed by atoms with Gasteiger partial charge in [0.25, 0.3) is 23.6 Å². The summed E-state index contributed by atoms with van der Waals surface area (Å²) in [6.07, 6.45) is -2.68. The third-order valence-corrected chi connectivity index (χ3v) is 17.4. The smallest absolute Gasteiger partial charge is 0.497 e. The number of anilines is 2. The minimum Gasteiger partial charge on any atom is -0.497 e. The highest BCUT2D eigenvalue weighted by Crippen LogP contribution is 2.42. The Morgan fingerprint density at radius 1 is 0.547 bits per heavy atom. The van der Waals surface area contributed by atoms with Crippen LogP contribution >= 0.6 is 0 Å². The van der Waals surface area contributed by atoms with Crippen LogP contribution in [0.15, 0.2) is 60.3 Å². The van der Waals surface area contributed by atoms with Gasteiger partial charge < -0.3 is 36.8 Å². The quantitative estimate of drug-likeness (QED) is 0.0350. The lowest BCUT2D eigenvalue weighted by atomic mass is 10.1. The SMILES string of the molecule is COc1ccc2c(c1)C(=O)N1C=C(OS(=O)(=O)C(F)(F)F)C(OCCCCCOC3C(OS(=O)(=O)C(F)(F)F)=CN4C(=O)c5cc(OC)ccc5N(COCC[Si](C)(C)C)C(=O)[C@H]34)C1C(=O)N2COCC[Si](C)(C)C. The van der Waals surface area contributed by atoms with Crippen LogP contribution in [0.2, 0.25) is 51.4 Å². The number of halogens is 6. The van der Waals surface area contributed by atoms with E-state index in [0.29, 0.717) is 34.3 Å². The standard InChI is InChI=1S/C45H58F6N4O16S2Si2/c1-64-28-12-14-32-30(22-28)40(56)52-24-34(70-72(60,61)44(46,47)48)38(36(52)42(58)54(32)26-66-18-20-74(3,4)5)68-16-10-9-11-17-69-39-35(71-73(62,63)45(49,50)51)25-53-37(39)43(59)55(27-67-19-21-75(6,7)8)33-15-13-29(65-2)23-31(33)41(53)57/h12-15,22-25,36-39H,9-11,16-21,26-27H2,1-8H3/t36-,37?,38?,39?/m0/s1. The van der Waals surface area contributed by atoms with Crippen molar-refractivity contribution in [1.82, 2.24) is 9.80 Å². The third kappa shape index (κ3) is 13.5. The fourth-order valence-corrected chi connectivity index (χ4v) is 10.4. The Kier molecular flexibility index (Phi) is 17.9. The Balaban J connectivity index is 1.22. The number of rotatable bonds is 24. The van der Waals surface area contributed by atoms with Gasteiger partial charge in [-0.05, 0) is 67.7 Å². The van der Waals surface area contributed by atoms with Gasteiger partial charge in [0, 0.05) is 42.6 Å². The molecule has 0 aromatic heterocycles. The molecule has 2 aromatic rings. The summed E-state index contributed by atoms with van der Waals surface area (Å²) in [4.78, 5) is 61.0. The van der Waals surface area contributed by atoms with Crippen LogP contribution in [-0.4, -0.2) is 156 Å². The van der Waals surface area contributed by atoms with Crippen LogP contribution in [0.3, 0.4) is 0 Å². The highest BCUT2D eigenvalue weighted by molar-refractivity contribution is 7.88. The van der Waals surface area contributed by atoms with Gasteiger partial charge in [-0.15, -0.1) is 0 Å². The fraction of sp³-hybridized carbons (Fsp3) is 0.556. The molecule has 4 atom stereocenters. The van der Waals surface area contributed by atoms with Gasteiger partial charge in [0.05, 0.1) is 49.1 Å². The van der Waals surface area contributed by atoms with Gasteiger partial charge in [0.1, 0.15) is 49.3 Å². The van der Waals surface area contributed by atoms with Gasteiger partial charge in [0.15, 0.2) is 11.5 Å². The maximum Gasteiger partial charge on any atom is 0.534 e. The number of hydrogen-bond acceptors (Lipinski definition) is 16. The fourth-order valence-electron chi connectivity index (χ4n) is 7.95. The molecule has 0 aliphatic carbocycles. The van der Waals surface area contributed by atoms with Crippen LogP contribution < -0.4 is 19.3 Å². The van der Waals surface area contributed by atoms with Crippen molar-refractivity contribution in [1.29, 1.82) is 0 Å². The first kappa shape index (κ1) is 59.0. The molecule has 4 heterocycles. The van der Waals surface area contributed by atoms with Gasteiger partial charge in [-0.3, -0.25) is 38.8 Å². The highest BCUT2D eigenvalue weighted by atomic mass is 32.2. The van der Waals surface area contributed by atoms with Crippen LogP contribution in [0.4, 0.5) is 37.7 Å². The molecule has 0 saturated carbocycles. The van der Waals surface area contributed by atoms with E-state index in [9.17, 15) is 62.4 Å². The van der Waals surface area contributed by atoms with Crippen molar-refractivity contribution in [3.05, 3.63) is 71.4 Å². The molecule has 0 spiro atoms. The lowest BCUT2D eigenvalue weighted by Gasteiger charge is -2.30. The molecule has 3 unspecified atom stereocenters. The highest BCUT2D eigenvalue weighted by Gasteiger charge is 2.57. The molecule has 0 bridgehead atoms. The zero-order chi connectivity index (χ0) is 55.6. The number of methoxy groups -OCH3 is 2. The average molecular weight is 1150 g/mol. The molecular formula is C45H58F6N4O16S2Si2. The van der Waals surface area contributed by atoms with Crippen molar-refractivity contribution >= 4 is 71.4 Å². The molecule has 2 aromatic carbocycles. The number of carbonyl (C=O) groups excluding carboxylic acids is 4. The van der Waals surface area contributed by atoms with Gasteiger partial charge in [0.2, 0.25) is 0 Å². The molecular weight excluding hydrogens is 1090 g/mol. The summed E-state index contributed by atoms with van der Waals surface area (Å²) >= 11 is 0. The number of unbranched alkanes of at least 4 members (excludes halogenated alkanes) is 2. The number of ether oxygens (including phenoxy) is 6. The molecule has 4 aliphatic rings. The number of carbonyl (C=O) groups is 4. The van der Waals surface area contributed by atoms with Crippen molar-refractivity contribution in [3.8, 4) is 11.5 Å². The van der Waals surface area contributed by atoms with Crippen molar-refractivity contribution in [2.24, 2.45) is 0 Å². The number of fused-ring (bicyclic) bond motifs is 4. The molecule has 30 heteroatoms. The summed E-state index contributed by atoms with van der Waals surface area (Å²) < 4.78 is 175. The molecule has 0 radical (unpaired) electrons.